The van der Waals surface area contributed by atoms with Crippen molar-refractivity contribution in [2.45, 2.75) is 39.7 Å². The Labute approximate surface area is 135 Å². The molecule has 23 heavy (non-hydrogen) atoms. The van der Waals surface area contributed by atoms with E-state index in [0.717, 1.165) is 55.4 Å². The lowest BCUT2D eigenvalue weighted by Gasteiger charge is -2.17. The van der Waals surface area contributed by atoms with Gasteiger partial charge in [0.25, 0.3) is 5.91 Å². The molecule has 1 aliphatic rings. The van der Waals surface area contributed by atoms with Crippen LogP contribution in [0.2, 0.25) is 0 Å². The van der Waals surface area contributed by atoms with Crippen molar-refractivity contribution in [3.8, 4) is 5.75 Å². The van der Waals surface area contributed by atoms with Crippen molar-refractivity contribution >= 4 is 5.91 Å². The van der Waals surface area contributed by atoms with Crippen LogP contribution >= 0.6 is 0 Å². The fourth-order valence-electron chi connectivity index (χ4n) is 2.81. The maximum absolute atomic E-state index is 12.2. The number of hydrogen-bond donors (Lipinski definition) is 1. The number of hydrogen-bond acceptors (Lipinski definition) is 4. The lowest BCUT2D eigenvalue weighted by Crippen LogP contribution is -2.25. The molecular formula is C17H22N4O2. The molecule has 1 N–H and O–H groups in total. The smallest absolute Gasteiger partial charge is 0.251 e. The molecule has 1 aromatic carbocycles. The number of benzene rings is 1. The first-order chi connectivity index (χ1) is 11.1. The molecule has 0 bridgehead atoms. The number of nitrogens with zero attached hydrogens (tertiary/aromatic N) is 3. The van der Waals surface area contributed by atoms with Crippen molar-refractivity contribution in [2.24, 2.45) is 0 Å². The molecule has 3 rings (SSSR count). The molecule has 6 nitrogen and oxygen atoms in total. The number of carbonyl (C=O) groups excluding carboxylic acids is 1. The molecule has 0 atom stereocenters. The zero-order valence-corrected chi connectivity index (χ0v) is 13.6. The average molecular weight is 314 g/mol. The molecule has 0 saturated carbocycles. The predicted octanol–water partition coefficient (Wildman–Crippen LogP) is 2.04. The Morgan fingerprint density at radius 1 is 1.39 bits per heavy atom. The topological polar surface area (TPSA) is 69.0 Å². The van der Waals surface area contributed by atoms with E-state index < -0.39 is 0 Å². The summed E-state index contributed by atoms with van der Waals surface area (Å²) in [5.74, 6) is 2.56. The van der Waals surface area contributed by atoms with E-state index in [4.69, 9.17) is 4.74 Å². The third-order valence-corrected chi connectivity index (χ3v) is 3.97. The van der Waals surface area contributed by atoms with Crippen LogP contribution in [0.1, 0.15) is 40.4 Å². The van der Waals surface area contributed by atoms with Crippen LogP contribution in [0, 0.1) is 13.8 Å². The molecule has 2 aromatic rings. The number of nitrogens with one attached hydrogen (secondary N) is 1. The van der Waals surface area contributed by atoms with Crippen molar-refractivity contribution in [1.29, 1.82) is 0 Å². The monoisotopic (exact) mass is 314 g/mol. The first-order valence-electron chi connectivity index (χ1n) is 8.05. The zero-order chi connectivity index (χ0) is 16.2. The molecule has 0 fully saturated rings. The van der Waals surface area contributed by atoms with E-state index in [1.807, 2.05) is 36.7 Å². The van der Waals surface area contributed by atoms with E-state index in [1.54, 1.807) is 0 Å². The molecule has 1 aliphatic heterocycles. The third kappa shape index (κ3) is 3.70. The molecule has 122 valence electrons. The van der Waals surface area contributed by atoms with Crippen molar-refractivity contribution in [3.05, 3.63) is 41.0 Å². The van der Waals surface area contributed by atoms with Crippen molar-refractivity contribution in [2.75, 3.05) is 13.2 Å². The first-order valence-corrected chi connectivity index (χ1v) is 8.05. The highest BCUT2D eigenvalue weighted by Gasteiger charge is 2.13. The Hall–Kier alpha value is -2.37. The lowest BCUT2D eigenvalue weighted by molar-refractivity contribution is 0.0952. The molecule has 0 saturated heterocycles. The maximum atomic E-state index is 12.2. The molecule has 6 heteroatoms. The van der Waals surface area contributed by atoms with E-state index in [0.29, 0.717) is 12.1 Å². The summed E-state index contributed by atoms with van der Waals surface area (Å²) >= 11 is 0. The molecule has 1 amide bonds. The summed E-state index contributed by atoms with van der Waals surface area (Å²) in [5.41, 5.74) is 1.82. The van der Waals surface area contributed by atoms with Gasteiger partial charge in [0.2, 0.25) is 0 Å². The van der Waals surface area contributed by atoms with E-state index >= 15 is 0 Å². The van der Waals surface area contributed by atoms with Gasteiger partial charge in [0.05, 0.1) is 6.61 Å². The van der Waals surface area contributed by atoms with E-state index in [9.17, 15) is 4.79 Å². The highest BCUT2D eigenvalue weighted by atomic mass is 16.5. The first kappa shape index (κ1) is 15.5. The molecule has 0 unspecified atom stereocenters. The molecule has 1 aromatic heterocycles. The minimum atomic E-state index is -0.0372. The average Bonchev–Trinajstić information content (AvgIpc) is 2.88. The van der Waals surface area contributed by atoms with E-state index in [-0.39, 0.29) is 5.91 Å². The molecule has 0 aliphatic carbocycles. The highest BCUT2D eigenvalue weighted by molar-refractivity contribution is 5.94. The normalized spacial score (nSPS) is 13.3. The summed E-state index contributed by atoms with van der Waals surface area (Å²) in [4.78, 5) is 16.5. The minimum Gasteiger partial charge on any atom is -0.493 e. The second-order valence-electron chi connectivity index (χ2n) is 5.81. The van der Waals surface area contributed by atoms with Crippen LogP contribution in [0.5, 0.6) is 5.75 Å². The van der Waals surface area contributed by atoms with Gasteiger partial charge in [0.15, 0.2) is 0 Å². The van der Waals surface area contributed by atoms with Gasteiger partial charge >= 0.3 is 0 Å². The molecule has 0 radical (unpaired) electrons. The van der Waals surface area contributed by atoms with Crippen LogP contribution in [0.4, 0.5) is 0 Å². The summed E-state index contributed by atoms with van der Waals surface area (Å²) in [6.45, 7) is 5.95. The number of aromatic nitrogens is 3. The Kier molecular flexibility index (Phi) is 4.60. The lowest BCUT2D eigenvalue weighted by atomic mass is 10.0. The molecule has 2 heterocycles. The van der Waals surface area contributed by atoms with Gasteiger partial charge < -0.3 is 10.1 Å². The fourth-order valence-corrected chi connectivity index (χ4v) is 2.81. The van der Waals surface area contributed by atoms with Crippen LogP contribution in [0.25, 0.3) is 0 Å². The van der Waals surface area contributed by atoms with E-state index in [1.165, 1.54) is 0 Å². The number of rotatable bonds is 5. The second-order valence-corrected chi connectivity index (χ2v) is 5.81. The summed E-state index contributed by atoms with van der Waals surface area (Å²) in [6.07, 6.45) is 2.81. The van der Waals surface area contributed by atoms with Crippen LogP contribution in [0.3, 0.4) is 0 Å². The standard InChI is InChI=1S/C17H22N4O2/c1-12-19-13(2)21(20-12)9-4-8-18-17(22)15-6-7-16-14(11-15)5-3-10-23-16/h6-7,11H,3-5,8-10H2,1-2H3,(H,18,22). The van der Waals surface area contributed by atoms with Crippen molar-refractivity contribution < 1.29 is 9.53 Å². The van der Waals surface area contributed by atoms with Crippen LogP contribution in [-0.2, 0) is 13.0 Å². The number of fused-ring (bicyclic) bond motifs is 1. The van der Waals surface area contributed by atoms with Crippen molar-refractivity contribution in [3.63, 3.8) is 0 Å². The van der Waals surface area contributed by atoms with Gasteiger partial charge in [-0.3, -0.25) is 9.48 Å². The van der Waals surface area contributed by atoms with Gasteiger partial charge in [0, 0.05) is 18.7 Å². The zero-order valence-electron chi connectivity index (χ0n) is 13.6. The summed E-state index contributed by atoms with van der Waals surface area (Å²) in [7, 11) is 0. The van der Waals surface area contributed by atoms with Gasteiger partial charge in [-0.25, -0.2) is 4.98 Å². The molecular weight excluding hydrogens is 292 g/mol. The summed E-state index contributed by atoms with van der Waals surface area (Å²) in [5, 5.41) is 7.27. The Morgan fingerprint density at radius 2 is 2.26 bits per heavy atom. The number of ether oxygens (including phenoxy) is 1. The largest absolute Gasteiger partial charge is 0.493 e. The molecule has 0 spiro atoms. The van der Waals surface area contributed by atoms with Gasteiger partial charge in [-0.15, -0.1) is 0 Å². The van der Waals surface area contributed by atoms with Crippen molar-refractivity contribution in [1.82, 2.24) is 20.1 Å². The quantitative estimate of drug-likeness (QED) is 0.858. The number of amides is 1. The SMILES string of the molecule is Cc1nc(C)n(CCCNC(=O)c2ccc3c(c2)CCCO3)n1. The predicted molar refractivity (Wildman–Crippen MR) is 86.7 cm³/mol. The van der Waals surface area contributed by atoms with Crippen LogP contribution in [-0.4, -0.2) is 33.8 Å². The minimum absolute atomic E-state index is 0.0372. The number of carbonyl (C=O) groups is 1. The highest BCUT2D eigenvalue weighted by Crippen LogP contribution is 2.25. The van der Waals surface area contributed by atoms with Gasteiger partial charge in [-0.2, -0.15) is 5.10 Å². The Morgan fingerprint density at radius 3 is 3.04 bits per heavy atom. The fraction of sp³-hybridized carbons (Fsp3) is 0.471. The van der Waals surface area contributed by atoms with Gasteiger partial charge in [-0.05, 0) is 56.9 Å². The Bertz CT molecular complexity index is 709. The maximum Gasteiger partial charge on any atom is 0.251 e. The summed E-state index contributed by atoms with van der Waals surface area (Å²) in [6, 6.07) is 5.66. The van der Waals surface area contributed by atoms with E-state index in [2.05, 4.69) is 15.4 Å². The second kappa shape index (κ2) is 6.81. The van der Waals surface area contributed by atoms with Crippen LogP contribution < -0.4 is 10.1 Å². The Balaban J connectivity index is 1.50. The van der Waals surface area contributed by atoms with Gasteiger partial charge in [-0.1, -0.05) is 0 Å². The third-order valence-electron chi connectivity index (χ3n) is 3.97. The summed E-state index contributed by atoms with van der Waals surface area (Å²) < 4.78 is 7.44. The van der Waals surface area contributed by atoms with Crippen LogP contribution in [0.15, 0.2) is 18.2 Å². The van der Waals surface area contributed by atoms with Gasteiger partial charge in [0.1, 0.15) is 17.4 Å². The number of aryl methyl sites for hydroxylation is 4.